The first kappa shape index (κ1) is 16.2. The molecule has 1 aliphatic rings. The third-order valence-corrected chi connectivity index (χ3v) is 5.32. The van der Waals surface area contributed by atoms with Crippen molar-refractivity contribution in [2.75, 3.05) is 18.0 Å². The number of anilines is 1. The molecule has 2 heterocycles. The molecule has 3 aromatic rings. The highest BCUT2D eigenvalue weighted by Crippen LogP contribution is 2.31. The van der Waals surface area contributed by atoms with E-state index in [4.69, 9.17) is 9.97 Å². The van der Waals surface area contributed by atoms with Gasteiger partial charge in [0, 0.05) is 29.6 Å². The Labute approximate surface area is 153 Å². The van der Waals surface area contributed by atoms with Gasteiger partial charge in [0.2, 0.25) is 0 Å². The Balaban J connectivity index is 1.71. The molecule has 1 saturated heterocycles. The molecule has 126 valence electrons. The lowest BCUT2D eigenvalue weighted by Gasteiger charge is -2.18. The average molecular weight is 347 g/mol. The smallest absolute Gasteiger partial charge is 0.162 e. The predicted octanol–water partition coefficient (Wildman–Crippen LogP) is 5.20. The number of hydrogen-bond donors (Lipinski definition) is 0. The molecule has 0 radical (unpaired) electrons. The van der Waals surface area contributed by atoms with Gasteiger partial charge in [-0.1, -0.05) is 59.8 Å². The Bertz CT molecular complexity index is 841. The highest BCUT2D eigenvalue weighted by Gasteiger charge is 2.17. The van der Waals surface area contributed by atoms with Crippen LogP contribution in [0, 0.1) is 6.92 Å². The van der Waals surface area contributed by atoms with E-state index in [9.17, 15) is 0 Å². The van der Waals surface area contributed by atoms with E-state index < -0.39 is 0 Å². The zero-order valence-electron chi connectivity index (χ0n) is 14.4. The van der Waals surface area contributed by atoms with Crippen LogP contribution in [0.1, 0.15) is 18.4 Å². The highest BCUT2D eigenvalue weighted by atomic mass is 32.2. The zero-order valence-corrected chi connectivity index (χ0v) is 15.2. The van der Waals surface area contributed by atoms with Gasteiger partial charge in [-0.15, -0.1) is 0 Å². The van der Waals surface area contributed by atoms with Crippen molar-refractivity contribution in [1.82, 2.24) is 9.97 Å². The van der Waals surface area contributed by atoms with Crippen molar-refractivity contribution >= 4 is 17.6 Å². The molecule has 1 aliphatic heterocycles. The van der Waals surface area contributed by atoms with Gasteiger partial charge in [0.05, 0.1) is 0 Å². The largest absolute Gasteiger partial charge is 0.356 e. The first-order valence-electron chi connectivity index (χ1n) is 8.72. The van der Waals surface area contributed by atoms with Crippen molar-refractivity contribution in [1.29, 1.82) is 0 Å². The lowest BCUT2D eigenvalue weighted by atomic mass is 10.2. The van der Waals surface area contributed by atoms with E-state index >= 15 is 0 Å². The SMILES string of the molecule is Cc1ccc(Sc2cc(N3CCCC3)nc(-c3ccccc3)n2)cc1. The van der Waals surface area contributed by atoms with E-state index in [1.54, 1.807) is 11.8 Å². The monoisotopic (exact) mass is 347 g/mol. The third-order valence-electron chi connectivity index (χ3n) is 4.39. The summed E-state index contributed by atoms with van der Waals surface area (Å²) in [5.74, 6) is 1.85. The van der Waals surface area contributed by atoms with Crippen LogP contribution in [0.2, 0.25) is 0 Å². The molecule has 4 heteroatoms. The summed E-state index contributed by atoms with van der Waals surface area (Å²) in [6.45, 7) is 4.28. The first-order chi connectivity index (χ1) is 12.3. The van der Waals surface area contributed by atoms with Gasteiger partial charge in [0.15, 0.2) is 5.82 Å². The standard InChI is InChI=1S/C21H21N3S/c1-16-9-11-18(12-10-16)25-20-15-19(24-13-5-6-14-24)22-21(23-20)17-7-3-2-4-8-17/h2-4,7-12,15H,5-6,13-14H2,1H3. The van der Waals surface area contributed by atoms with Gasteiger partial charge in [-0.2, -0.15) is 0 Å². The van der Waals surface area contributed by atoms with Crippen LogP contribution in [-0.4, -0.2) is 23.1 Å². The molecule has 2 aromatic carbocycles. The molecule has 1 aromatic heterocycles. The van der Waals surface area contributed by atoms with Gasteiger partial charge in [-0.3, -0.25) is 0 Å². The molecule has 0 saturated carbocycles. The number of benzene rings is 2. The summed E-state index contributed by atoms with van der Waals surface area (Å²) in [7, 11) is 0. The van der Waals surface area contributed by atoms with Gasteiger partial charge in [-0.05, 0) is 31.9 Å². The van der Waals surface area contributed by atoms with Crippen LogP contribution < -0.4 is 4.90 Å². The van der Waals surface area contributed by atoms with Gasteiger partial charge >= 0.3 is 0 Å². The maximum absolute atomic E-state index is 4.84. The maximum Gasteiger partial charge on any atom is 0.162 e. The minimum atomic E-state index is 0.805. The Morgan fingerprint density at radius 1 is 0.880 bits per heavy atom. The number of aryl methyl sites for hydroxylation is 1. The second-order valence-corrected chi connectivity index (χ2v) is 7.46. The molecule has 0 aliphatic carbocycles. The molecule has 4 rings (SSSR count). The van der Waals surface area contributed by atoms with Gasteiger partial charge in [-0.25, -0.2) is 9.97 Å². The minimum Gasteiger partial charge on any atom is -0.356 e. The van der Waals surface area contributed by atoms with Crippen LogP contribution in [0.25, 0.3) is 11.4 Å². The Morgan fingerprint density at radius 3 is 2.32 bits per heavy atom. The van der Waals surface area contributed by atoms with Crippen molar-refractivity contribution in [2.45, 2.75) is 29.7 Å². The van der Waals surface area contributed by atoms with Gasteiger partial charge in [0.25, 0.3) is 0 Å². The predicted molar refractivity (Wildman–Crippen MR) is 104 cm³/mol. The molecule has 0 spiro atoms. The van der Waals surface area contributed by atoms with Gasteiger partial charge < -0.3 is 4.90 Å². The molecule has 3 nitrogen and oxygen atoms in total. The summed E-state index contributed by atoms with van der Waals surface area (Å²) >= 11 is 1.70. The fraction of sp³-hybridized carbons (Fsp3) is 0.238. The molecule has 25 heavy (non-hydrogen) atoms. The van der Waals surface area contributed by atoms with E-state index in [1.165, 1.54) is 23.3 Å². The quantitative estimate of drug-likeness (QED) is 0.606. The zero-order chi connectivity index (χ0) is 17.1. The lowest BCUT2D eigenvalue weighted by Crippen LogP contribution is -2.19. The van der Waals surface area contributed by atoms with E-state index in [-0.39, 0.29) is 0 Å². The fourth-order valence-corrected chi connectivity index (χ4v) is 3.83. The van der Waals surface area contributed by atoms with Crippen LogP contribution >= 0.6 is 11.8 Å². The molecule has 0 unspecified atom stereocenters. The van der Waals surface area contributed by atoms with E-state index in [2.05, 4.69) is 54.3 Å². The van der Waals surface area contributed by atoms with Crippen LogP contribution in [-0.2, 0) is 0 Å². The number of nitrogens with zero attached hydrogens (tertiary/aromatic N) is 3. The first-order valence-corrected chi connectivity index (χ1v) is 9.53. The Hall–Kier alpha value is -2.33. The average Bonchev–Trinajstić information content (AvgIpc) is 3.19. The van der Waals surface area contributed by atoms with Crippen LogP contribution in [0.15, 0.2) is 70.6 Å². The van der Waals surface area contributed by atoms with Crippen molar-refractivity contribution < 1.29 is 0 Å². The summed E-state index contributed by atoms with van der Waals surface area (Å²) in [6, 6.07) is 21.0. The normalized spacial score (nSPS) is 14.0. The van der Waals surface area contributed by atoms with Gasteiger partial charge in [0.1, 0.15) is 10.8 Å². The van der Waals surface area contributed by atoms with E-state index in [1.807, 2.05) is 18.2 Å². The molecular weight excluding hydrogens is 326 g/mol. The van der Waals surface area contributed by atoms with Crippen LogP contribution in [0.4, 0.5) is 5.82 Å². The Morgan fingerprint density at radius 2 is 1.60 bits per heavy atom. The van der Waals surface area contributed by atoms with Crippen LogP contribution in [0.5, 0.6) is 0 Å². The lowest BCUT2D eigenvalue weighted by molar-refractivity contribution is 0.912. The summed E-state index contributed by atoms with van der Waals surface area (Å²) < 4.78 is 0. The molecule has 0 N–H and O–H groups in total. The molecule has 0 atom stereocenters. The summed E-state index contributed by atoms with van der Waals surface area (Å²) in [5, 5.41) is 1.000. The molecule has 1 fully saturated rings. The van der Waals surface area contributed by atoms with Crippen molar-refractivity contribution in [2.24, 2.45) is 0 Å². The van der Waals surface area contributed by atoms with Crippen LogP contribution in [0.3, 0.4) is 0 Å². The second kappa shape index (κ2) is 7.28. The number of hydrogen-bond acceptors (Lipinski definition) is 4. The summed E-state index contributed by atoms with van der Waals surface area (Å²) in [6.07, 6.45) is 2.48. The van der Waals surface area contributed by atoms with Crippen molar-refractivity contribution in [3.8, 4) is 11.4 Å². The Kier molecular flexibility index (Phi) is 4.70. The maximum atomic E-state index is 4.84. The molecule has 0 bridgehead atoms. The van der Waals surface area contributed by atoms with Crippen molar-refractivity contribution in [3.63, 3.8) is 0 Å². The highest BCUT2D eigenvalue weighted by molar-refractivity contribution is 7.99. The van der Waals surface area contributed by atoms with E-state index in [0.29, 0.717) is 0 Å². The van der Waals surface area contributed by atoms with Crippen molar-refractivity contribution in [3.05, 3.63) is 66.2 Å². The topological polar surface area (TPSA) is 29.0 Å². The summed E-state index contributed by atoms with van der Waals surface area (Å²) in [4.78, 5) is 13.2. The number of aromatic nitrogens is 2. The minimum absolute atomic E-state index is 0.805. The number of rotatable bonds is 4. The third kappa shape index (κ3) is 3.85. The second-order valence-electron chi connectivity index (χ2n) is 6.36. The fourth-order valence-electron chi connectivity index (χ4n) is 3.02. The molecule has 0 amide bonds. The molecular formula is C21H21N3S. The summed E-state index contributed by atoms with van der Waals surface area (Å²) in [5.41, 5.74) is 2.34. The van der Waals surface area contributed by atoms with E-state index in [0.717, 1.165) is 35.3 Å².